The first kappa shape index (κ1) is 20.9. The fourth-order valence-electron chi connectivity index (χ4n) is 3.83. The highest BCUT2D eigenvalue weighted by atomic mass is 35.5. The van der Waals surface area contributed by atoms with Gasteiger partial charge in [0, 0.05) is 35.8 Å². The molecule has 1 unspecified atom stereocenters. The SMILES string of the molecule is Cc1c(Cl)cccc1NC(=O)NCc1ccc2c(c1)CN(C1CCC(=O)NC1=O)C2=O. The van der Waals surface area contributed by atoms with E-state index in [-0.39, 0.29) is 30.8 Å². The Morgan fingerprint density at radius 3 is 2.81 bits per heavy atom. The molecular formula is C22H21ClN4O4. The Balaban J connectivity index is 1.39. The van der Waals surface area contributed by atoms with Crippen molar-refractivity contribution in [1.82, 2.24) is 15.5 Å². The monoisotopic (exact) mass is 440 g/mol. The summed E-state index contributed by atoms with van der Waals surface area (Å²) in [4.78, 5) is 50.0. The Bertz CT molecular complexity index is 1100. The zero-order valence-electron chi connectivity index (χ0n) is 16.8. The Morgan fingerprint density at radius 1 is 1.23 bits per heavy atom. The molecule has 0 saturated carbocycles. The molecular weight excluding hydrogens is 420 g/mol. The lowest BCUT2D eigenvalue weighted by atomic mass is 10.0. The number of nitrogens with one attached hydrogen (secondary N) is 3. The minimum Gasteiger partial charge on any atom is -0.334 e. The van der Waals surface area contributed by atoms with Crippen molar-refractivity contribution in [2.45, 2.75) is 38.9 Å². The molecule has 0 radical (unpaired) electrons. The molecule has 1 fully saturated rings. The number of anilines is 1. The third-order valence-corrected chi connectivity index (χ3v) is 5.97. The zero-order chi connectivity index (χ0) is 22.1. The number of halogens is 1. The van der Waals surface area contributed by atoms with E-state index in [0.717, 1.165) is 16.7 Å². The van der Waals surface area contributed by atoms with Crippen LogP contribution in [0.4, 0.5) is 10.5 Å². The topological polar surface area (TPSA) is 108 Å². The van der Waals surface area contributed by atoms with Gasteiger partial charge in [-0.2, -0.15) is 0 Å². The quantitative estimate of drug-likeness (QED) is 0.635. The van der Waals surface area contributed by atoms with Gasteiger partial charge in [0.05, 0.1) is 0 Å². The number of hydrogen-bond donors (Lipinski definition) is 3. The number of rotatable bonds is 4. The molecule has 1 saturated heterocycles. The summed E-state index contributed by atoms with van der Waals surface area (Å²) in [5.41, 5.74) is 3.57. The lowest BCUT2D eigenvalue weighted by Crippen LogP contribution is -2.52. The van der Waals surface area contributed by atoms with Gasteiger partial charge < -0.3 is 15.5 Å². The van der Waals surface area contributed by atoms with E-state index in [9.17, 15) is 19.2 Å². The van der Waals surface area contributed by atoms with Gasteiger partial charge in [0.25, 0.3) is 5.91 Å². The van der Waals surface area contributed by atoms with Gasteiger partial charge in [-0.25, -0.2) is 4.79 Å². The maximum Gasteiger partial charge on any atom is 0.319 e. The molecule has 31 heavy (non-hydrogen) atoms. The Hall–Kier alpha value is -3.39. The molecule has 0 spiro atoms. The Morgan fingerprint density at radius 2 is 2.03 bits per heavy atom. The number of piperidine rings is 1. The molecule has 5 amide bonds. The number of hydrogen-bond acceptors (Lipinski definition) is 4. The van der Waals surface area contributed by atoms with E-state index >= 15 is 0 Å². The van der Waals surface area contributed by atoms with E-state index in [0.29, 0.717) is 29.2 Å². The number of nitrogens with zero attached hydrogens (tertiary/aromatic N) is 1. The first-order valence-corrected chi connectivity index (χ1v) is 10.3. The Kier molecular flexibility index (Phi) is 5.65. The molecule has 2 heterocycles. The van der Waals surface area contributed by atoms with Crippen LogP contribution in [-0.2, 0) is 22.7 Å². The summed E-state index contributed by atoms with van der Waals surface area (Å²) >= 11 is 6.08. The number of imide groups is 1. The van der Waals surface area contributed by atoms with Gasteiger partial charge in [0.2, 0.25) is 11.8 Å². The summed E-state index contributed by atoms with van der Waals surface area (Å²) in [6, 6.07) is 9.60. The van der Waals surface area contributed by atoms with Crippen molar-refractivity contribution in [3.05, 3.63) is 63.7 Å². The summed E-state index contributed by atoms with van der Waals surface area (Å²) in [5, 5.41) is 8.42. The summed E-state index contributed by atoms with van der Waals surface area (Å²) in [5.74, 6) is -0.976. The molecule has 2 aromatic rings. The molecule has 4 rings (SSSR count). The molecule has 0 bridgehead atoms. The average molecular weight is 441 g/mol. The minimum atomic E-state index is -0.647. The maximum atomic E-state index is 12.7. The van der Waals surface area contributed by atoms with Crippen molar-refractivity contribution in [2.24, 2.45) is 0 Å². The van der Waals surface area contributed by atoms with Crippen LogP contribution in [0.3, 0.4) is 0 Å². The van der Waals surface area contributed by atoms with Gasteiger partial charge in [-0.15, -0.1) is 0 Å². The summed E-state index contributed by atoms with van der Waals surface area (Å²) in [6.07, 6.45) is 0.537. The van der Waals surface area contributed by atoms with Gasteiger partial charge in [-0.05, 0) is 48.2 Å². The van der Waals surface area contributed by atoms with Crippen molar-refractivity contribution in [3.63, 3.8) is 0 Å². The average Bonchev–Trinajstić information content (AvgIpc) is 3.05. The first-order valence-electron chi connectivity index (χ1n) is 9.90. The highest BCUT2D eigenvalue weighted by molar-refractivity contribution is 6.31. The third-order valence-electron chi connectivity index (χ3n) is 5.56. The van der Waals surface area contributed by atoms with Crippen LogP contribution in [0.15, 0.2) is 36.4 Å². The van der Waals surface area contributed by atoms with Crippen molar-refractivity contribution in [1.29, 1.82) is 0 Å². The first-order chi connectivity index (χ1) is 14.8. The van der Waals surface area contributed by atoms with Gasteiger partial charge >= 0.3 is 6.03 Å². The minimum absolute atomic E-state index is 0.215. The zero-order valence-corrected chi connectivity index (χ0v) is 17.6. The van der Waals surface area contributed by atoms with Gasteiger partial charge in [-0.1, -0.05) is 29.8 Å². The van der Waals surface area contributed by atoms with Crippen LogP contribution in [0.2, 0.25) is 5.02 Å². The van der Waals surface area contributed by atoms with E-state index in [4.69, 9.17) is 11.6 Å². The summed E-state index contributed by atoms with van der Waals surface area (Å²) in [7, 11) is 0. The number of carbonyl (C=O) groups is 4. The smallest absolute Gasteiger partial charge is 0.319 e. The molecule has 0 aliphatic carbocycles. The molecule has 2 aliphatic heterocycles. The second kappa shape index (κ2) is 8.39. The van der Waals surface area contributed by atoms with E-state index in [1.54, 1.807) is 30.3 Å². The molecule has 8 nitrogen and oxygen atoms in total. The number of benzene rings is 2. The van der Waals surface area contributed by atoms with E-state index in [1.165, 1.54) is 4.90 Å². The van der Waals surface area contributed by atoms with Crippen molar-refractivity contribution in [3.8, 4) is 0 Å². The fourth-order valence-corrected chi connectivity index (χ4v) is 4.00. The summed E-state index contributed by atoms with van der Waals surface area (Å²) < 4.78 is 0. The number of urea groups is 1. The normalized spacial score (nSPS) is 17.9. The summed E-state index contributed by atoms with van der Waals surface area (Å²) in [6.45, 7) is 2.39. The second-order valence-corrected chi connectivity index (χ2v) is 8.02. The van der Waals surface area contributed by atoms with Gasteiger partial charge in [0.15, 0.2) is 0 Å². The molecule has 2 aliphatic rings. The molecule has 2 aromatic carbocycles. The van der Waals surface area contributed by atoms with Crippen LogP contribution in [-0.4, -0.2) is 34.7 Å². The van der Waals surface area contributed by atoms with Crippen LogP contribution in [0.25, 0.3) is 0 Å². The molecule has 160 valence electrons. The van der Waals surface area contributed by atoms with Crippen molar-refractivity contribution >= 4 is 41.0 Å². The van der Waals surface area contributed by atoms with E-state index < -0.39 is 11.9 Å². The van der Waals surface area contributed by atoms with E-state index in [1.807, 2.05) is 13.0 Å². The maximum absolute atomic E-state index is 12.7. The highest BCUT2D eigenvalue weighted by Gasteiger charge is 2.39. The Labute approximate surface area is 183 Å². The predicted octanol–water partition coefficient (Wildman–Crippen LogP) is 2.73. The standard InChI is InChI=1S/C22H21ClN4O4/c1-12-16(23)3-2-4-17(12)25-22(31)24-10-13-5-6-15-14(9-13)11-27(21(15)30)18-7-8-19(28)26-20(18)29/h2-6,9,18H,7-8,10-11H2,1H3,(H2,24,25,31)(H,26,28,29). The predicted molar refractivity (Wildman–Crippen MR) is 115 cm³/mol. The largest absolute Gasteiger partial charge is 0.334 e. The van der Waals surface area contributed by atoms with E-state index in [2.05, 4.69) is 16.0 Å². The molecule has 0 aromatic heterocycles. The fraction of sp³-hybridized carbons (Fsp3) is 0.273. The molecule has 3 N–H and O–H groups in total. The lowest BCUT2D eigenvalue weighted by molar-refractivity contribution is -0.136. The van der Waals surface area contributed by atoms with Crippen molar-refractivity contribution < 1.29 is 19.2 Å². The second-order valence-electron chi connectivity index (χ2n) is 7.61. The highest BCUT2D eigenvalue weighted by Crippen LogP contribution is 2.28. The van der Waals surface area contributed by atoms with Gasteiger partial charge in [-0.3, -0.25) is 19.7 Å². The van der Waals surface area contributed by atoms with Crippen LogP contribution >= 0.6 is 11.6 Å². The molecule has 1 atom stereocenters. The lowest BCUT2D eigenvalue weighted by Gasteiger charge is -2.29. The van der Waals surface area contributed by atoms with Crippen LogP contribution in [0, 0.1) is 6.92 Å². The van der Waals surface area contributed by atoms with Gasteiger partial charge in [0.1, 0.15) is 6.04 Å². The number of amides is 5. The van der Waals surface area contributed by atoms with Crippen molar-refractivity contribution in [2.75, 3.05) is 5.32 Å². The number of carbonyl (C=O) groups excluding carboxylic acids is 4. The number of fused-ring (bicyclic) bond motifs is 1. The van der Waals surface area contributed by atoms with Crippen LogP contribution < -0.4 is 16.0 Å². The third kappa shape index (κ3) is 4.25. The van der Waals surface area contributed by atoms with Crippen LogP contribution in [0.1, 0.15) is 39.9 Å². The van der Waals surface area contributed by atoms with Crippen LogP contribution in [0.5, 0.6) is 0 Å². The molecule has 9 heteroatoms.